The number of amides is 2. The third kappa shape index (κ3) is 4.83. The highest BCUT2D eigenvalue weighted by atomic mass is 16.6. The molecule has 2 aromatic rings. The van der Waals surface area contributed by atoms with Crippen LogP contribution in [0.3, 0.4) is 0 Å². The molecule has 3 rings (SSSR count). The zero-order valence-electron chi connectivity index (χ0n) is 16.3. The van der Waals surface area contributed by atoms with Gasteiger partial charge >= 0.3 is 5.97 Å². The lowest BCUT2D eigenvalue weighted by atomic mass is 9.97. The summed E-state index contributed by atoms with van der Waals surface area (Å²) in [4.78, 5) is 48.6. The summed E-state index contributed by atoms with van der Waals surface area (Å²) in [5.74, 6) is -1.47. The predicted octanol–water partition coefficient (Wildman–Crippen LogP) is 2.53. The van der Waals surface area contributed by atoms with Crippen LogP contribution in [0.2, 0.25) is 0 Å². The first-order chi connectivity index (χ1) is 14.4. The Balaban J connectivity index is 1.46. The molecule has 158 valence electrons. The van der Waals surface area contributed by atoms with Gasteiger partial charge in [0.15, 0.2) is 12.4 Å². The number of piperidine rings is 1. The molecule has 1 saturated heterocycles. The molecule has 1 fully saturated rings. The Kier molecular flexibility index (Phi) is 6.45. The molecule has 0 radical (unpaired) electrons. The maximum Gasteiger partial charge on any atom is 0.309 e. The van der Waals surface area contributed by atoms with Crippen LogP contribution in [0.1, 0.15) is 29.0 Å². The van der Waals surface area contributed by atoms with Crippen molar-refractivity contribution in [3.05, 3.63) is 58.0 Å². The number of benzene rings is 1. The molecule has 0 atom stereocenters. The van der Waals surface area contributed by atoms with Gasteiger partial charge in [-0.25, -0.2) is 0 Å². The van der Waals surface area contributed by atoms with E-state index in [0.29, 0.717) is 31.5 Å². The number of likely N-dealkylation sites (tertiary alicyclic amines) is 1. The molecule has 2 amide bonds. The zero-order chi connectivity index (χ0) is 21.7. The fourth-order valence-electron chi connectivity index (χ4n) is 3.27. The molecule has 1 aliphatic rings. The van der Waals surface area contributed by atoms with Crippen molar-refractivity contribution < 1.29 is 28.5 Å². The van der Waals surface area contributed by atoms with Crippen molar-refractivity contribution in [2.75, 3.05) is 25.0 Å². The molecule has 1 N–H and O–H groups in total. The van der Waals surface area contributed by atoms with E-state index in [2.05, 4.69) is 5.32 Å². The molecule has 0 aliphatic carbocycles. The van der Waals surface area contributed by atoms with Gasteiger partial charge in [0, 0.05) is 19.2 Å². The van der Waals surface area contributed by atoms with E-state index in [4.69, 9.17) is 9.15 Å². The monoisotopic (exact) mass is 415 g/mol. The fourth-order valence-corrected chi connectivity index (χ4v) is 3.27. The summed E-state index contributed by atoms with van der Waals surface area (Å²) in [6.45, 7) is 1.81. The topological polar surface area (TPSA) is 132 Å². The first-order valence-corrected chi connectivity index (χ1v) is 9.40. The van der Waals surface area contributed by atoms with E-state index in [0.717, 1.165) is 0 Å². The lowest BCUT2D eigenvalue weighted by molar-refractivity contribution is -0.385. The Morgan fingerprint density at radius 1 is 1.23 bits per heavy atom. The SMILES string of the molecule is Cc1c(NC(=O)COC(=O)C2CCN(C(=O)c3ccco3)CC2)cccc1[N+](=O)[O-]. The van der Waals surface area contributed by atoms with Gasteiger partial charge in [-0.1, -0.05) is 6.07 Å². The second-order valence-electron chi connectivity index (χ2n) is 6.91. The van der Waals surface area contributed by atoms with Gasteiger partial charge in [-0.05, 0) is 38.0 Å². The maximum absolute atomic E-state index is 12.3. The quantitative estimate of drug-likeness (QED) is 0.435. The number of nitrogens with one attached hydrogen (secondary N) is 1. The van der Waals surface area contributed by atoms with Gasteiger partial charge in [0.1, 0.15) is 0 Å². The van der Waals surface area contributed by atoms with Gasteiger partial charge in [0.2, 0.25) is 0 Å². The minimum atomic E-state index is -0.586. The number of rotatable bonds is 6. The van der Waals surface area contributed by atoms with E-state index in [1.165, 1.54) is 31.4 Å². The van der Waals surface area contributed by atoms with Crippen LogP contribution in [0.5, 0.6) is 0 Å². The number of esters is 1. The summed E-state index contributed by atoms with van der Waals surface area (Å²) in [7, 11) is 0. The van der Waals surface area contributed by atoms with E-state index >= 15 is 0 Å². The summed E-state index contributed by atoms with van der Waals surface area (Å²) in [5.41, 5.74) is 0.492. The fraction of sp³-hybridized carbons (Fsp3) is 0.350. The van der Waals surface area contributed by atoms with Crippen molar-refractivity contribution in [3.63, 3.8) is 0 Å². The number of nitro groups is 1. The summed E-state index contributed by atoms with van der Waals surface area (Å²) in [5, 5.41) is 13.5. The highest BCUT2D eigenvalue weighted by molar-refractivity contribution is 5.94. The van der Waals surface area contributed by atoms with Crippen molar-refractivity contribution in [2.24, 2.45) is 5.92 Å². The molecule has 30 heavy (non-hydrogen) atoms. The van der Waals surface area contributed by atoms with Crippen LogP contribution in [0, 0.1) is 23.0 Å². The second-order valence-corrected chi connectivity index (χ2v) is 6.91. The van der Waals surface area contributed by atoms with Gasteiger partial charge in [-0.2, -0.15) is 0 Å². The molecule has 0 unspecified atom stereocenters. The first kappa shape index (κ1) is 21.0. The van der Waals surface area contributed by atoms with Crippen molar-refractivity contribution in [2.45, 2.75) is 19.8 Å². The number of carbonyl (C=O) groups is 3. The largest absolute Gasteiger partial charge is 0.459 e. The highest BCUT2D eigenvalue weighted by Gasteiger charge is 2.30. The van der Waals surface area contributed by atoms with Crippen molar-refractivity contribution in [1.29, 1.82) is 0 Å². The molecule has 10 heteroatoms. The minimum Gasteiger partial charge on any atom is -0.459 e. The minimum absolute atomic E-state index is 0.111. The van der Waals surface area contributed by atoms with E-state index < -0.39 is 29.3 Å². The van der Waals surface area contributed by atoms with E-state index in [9.17, 15) is 24.5 Å². The van der Waals surface area contributed by atoms with Crippen molar-refractivity contribution in [3.8, 4) is 0 Å². The Morgan fingerprint density at radius 2 is 1.97 bits per heavy atom. The highest BCUT2D eigenvalue weighted by Crippen LogP contribution is 2.25. The van der Waals surface area contributed by atoms with Gasteiger partial charge in [0.05, 0.1) is 28.4 Å². The van der Waals surface area contributed by atoms with Crippen LogP contribution in [0.4, 0.5) is 11.4 Å². The normalized spacial score (nSPS) is 14.2. The number of nitrogens with zero attached hydrogens (tertiary/aromatic N) is 2. The van der Waals surface area contributed by atoms with E-state index in [-0.39, 0.29) is 23.0 Å². The number of hydrogen-bond acceptors (Lipinski definition) is 7. The summed E-state index contributed by atoms with van der Waals surface area (Å²) < 4.78 is 10.2. The second kappa shape index (κ2) is 9.21. The number of hydrogen-bond donors (Lipinski definition) is 1. The predicted molar refractivity (Wildman–Crippen MR) is 105 cm³/mol. The van der Waals surface area contributed by atoms with Crippen LogP contribution in [0.25, 0.3) is 0 Å². The van der Waals surface area contributed by atoms with Crippen LogP contribution in [-0.4, -0.2) is 47.3 Å². The molecule has 1 aliphatic heterocycles. The Labute approximate surface area is 171 Å². The third-order valence-corrected chi connectivity index (χ3v) is 4.97. The number of anilines is 1. The zero-order valence-corrected chi connectivity index (χ0v) is 16.3. The number of carbonyl (C=O) groups excluding carboxylic acids is 3. The molecule has 1 aromatic heterocycles. The summed E-state index contributed by atoms with van der Waals surface area (Å²) in [6.07, 6.45) is 2.28. The van der Waals surface area contributed by atoms with E-state index in [1.54, 1.807) is 17.0 Å². The molecular weight excluding hydrogens is 394 g/mol. The average Bonchev–Trinajstić information content (AvgIpc) is 3.28. The summed E-state index contributed by atoms with van der Waals surface area (Å²) in [6, 6.07) is 7.56. The first-order valence-electron chi connectivity index (χ1n) is 9.40. The number of furan rings is 1. The van der Waals surface area contributed by atoms with Gasteiger partial charge in [-0.15, -0.1) is 0 Å². The maximum atomic E-state index is 12.3. The number of nitro benzene ring substituents is 1. The molecule has 10 nitrogen and oxygen atoms in total. The molecule has 0 spiro atoms. The Morgan fingerprint density at radius 3 is 2.60 bits per heavy atom. The van der Waals surface area contributed by atoms with Gasteiger partial charge in [0.25, 0.3) is 17.5 Å². The average molecular weight is 415 g/mol. The lowest BCUT2D eigenvalue weighted by Gasteiger charge is -2.30. The van der Waals surface area contributed by atoms with Gasteiger partial charge in [-0.3, -0.25) is 24.5 Å². The standard InChI is InChI=1S/C20H21N3O7/c1-13-15(4-2-5-16(13)23(27)28)21-18(24)12-30-20(26)14-7-9-22(10-8-14)19(25)17-6-3-11-29-17/h2-6,11,14H,7-10,12H2,1H3,(H,21,24). The Bertz CT molecular complexity index is 947. The van der Waals surface area contributed by atoms with Crippen LogP contribution in [-0.2, 0) is 14.3 Å². The van der Waals surface area contributed by atoms with Crippen molar-refractivity contribution in [1.82, 2.24) is 4.90 Å². The molecular formula is C20H21N3O7. The smallest absolute Gasteiger partial charge is 0.309 e. The van der Waals surface area contributed by atoms with Crippen LogP contribution < -0.4 is 5.32 Å². The summed E-state index contributed by atoms with van der Waals surface area (Å²) >= 11 is 0. The lowest BCUT2D eigenvalue weighted by Crippen LogP contribution is -2.40. The van der Waals surface area contributed by atoms with Crippen molar-refractivity contribution >= 4 is 29.2 Å². The molecule has 0 saturated carbocycles. The Hall–Kier alpha value is -3.69. The van der Waals surface area contributed by atoms with Gasteiger partial charge < -0.3 is 19.4 Å². The molecule has 2 heterocycles. The molecule has 0 bridgehead atoms. The molecule has 1 aromatic carbocycles. The van der Waals surface area contributed by atoms with Crippen LogP contribution in [0.15, 0.2) is 41.0 Å². The van der Waals surface area contributed by atoms with Crippen LogP contribution >= 0.6 is 0 Å². The number of ether oxygens (including phenoxy) is 1. The van der Waals surface area contributed by atoms with E-state index in [1.807, 2.05) is 0 Å². The third-order valence-electron chi connectivity index (χ3n) is 4.97.